The van der Waals surface area contributed by atoms with Gasteiger partial charge in [-0.25, -0.2) is 4.57 Å². The molecule has 0 aliphatic rings. The molecular weight excluding hydrogens is 293 g/mol. The minimum absolute atomic E-state index is 0.188. The van der Waals surface area contributed by atoms with E-state index in [2.05, 4.69) is 12.3 Å². The van der Waals surface area contributed by atoms with Gasteiger partial charge in [0.15, 0.2) is 0 Å². The molecule has 0 saturated heterocycles. The molecule has 11 heteroatoms. The van der Waals surface area contributed by atoms with Gasteiger partial charge >= 0.3 is 20.2 Å². The first kappa shape index (κ1) is 25.9. The molecule has 0 atom stereocenters. The molecule has 0 aromatic carbocycles. The molecule has 0 aliphatic carbocycles. The molecule has 0 amide bonds. The van der Waals surface area contributed by atoms with Crippen molar-refractivity contribution in [3.63, 3.8) is 0 Å². The van der Waals surface area contributed by atoms with Crippen molar-refractivity contribution in [2.24, 2.45) is 0 Å². The van der Waals surface area contributed by atoms with Gasteiger partial charge in [0.1, 0.15) is 0 Å². The number of phosphoric acid groups is 1. The zero-order chi connectivity index (χ0) is 16.2. The third kappa shape index (κ3) is 5510. The number of terminal acetylenes is 1. The van der Waals surface area contributed by atoms with Crippen LogP contribution in [0.25, 0.3) is 0 Å². The van der Waals surface area contributed by atoms with Crippen LogP contribution in [-0.2, 0) is 4.57 Å². The molecule has 4 nitrogen and oxygen atoms in total. The molecule has 0 aliphatic heterocycles. The number of hydrogen-bond acceptors (Lipinski definition) is 1. The van der Waals surface area contributed by atoms with Gasteiger partial charge in [0, 0.05) is 13.8 Å². The Bertz CT molecular complexity index is 228. The van der Waals surface area contributed by atoms with Crippen LogP contribution in [0, 0.1) is 12.3 Å². The second kappa shape index (κ2) is 11.3. The minimum Gasteiger partial charge on any atom is -0.303 e. The molecule has 0 unspecified atom stereocenters. The van der Waals surface area contributed by atoms with Crippen LogP contribution in [-0.4, -0.2) is 27.0 Å². The Balaban J connectivity index is -0.0000000739. The second-order valence-corrected chi connectivity index (χ2v) is 3.39. The van der Waals surface area contributed by atoms with Crippen LogP contribution in [0.4, 0.5) is 26.3 Å². The van der Waals surface area contributed by atoms with E-state index in [1.54, 1.807) is 6.92 Å². The monoisotopic (exact) mass is 306 g/mol. The summed E-state index contributed by atoms with van der Waals surface area (Å²) in [4.78, 5) is 21.6. The standard InChI is InChI=1S/C3H4.2C2H3F3.H3O4P/c1-3-2;2*1-2(3,4)5;1-5(2,3)4/h1H,2H3;2*1H3;(H3,1,2,3,4). The molecule has 0 bridgehead atoms. The van der Waals surface area contributed by atoms with E-state index in [-0.39, 0.29) is 13.8 Å². The molecular formula is C7H13F6O4P. The van der Waals surface area contributed by atoms with Crippen LogP contribution >= 0.6 is 7.82 Å². The van der Waals surface area contributed by atoms with E-state index in [1.807, 2.05) is 0 Å². The zero-order valence-corrected chi connectivity index (χ0v) is 10.4. The Morgan fingerprint density at radius 3 is 0.944 bits per heavy atom. The van der Waals surface area contributed by atoms with Gasteiger partial charge in [-0.1, -0.05) is 0 Å². The first-order valence-corrected chi connectivity index (χ1v) is 5.27. The van der Waals surface area contributed by atoms with Gasteiger partial charge in [0.2, 0.25) is 0 Å². The van der Waals surface area contributed by atoms with E-state index < -0.39 is 20.2 Å². The van der Waals surface area contributed by atoms with Crippen LogP contribution in [0.3, 0.4) is 0 Å². The maximum absolute atomic E-state index is 10.4. The number of hydrogen-bond donors (Lipinski definition) is 3. The number of rotatable bonds is 0. The van der Waals surface area contributed by atoms with Crippen molar-refractivity contribution in [1.29, 1.82) is 0 Å². The van der Waals surface area contributed by atoms with Crippen LogP contribution in [0.15, 0.2) is 0 Å². The summed E-state index contributed by atoms with van der Waals surface area (Å²) in [5.41, 5.74) is 0. The van der Waals surface area contributed by atoms with E-state index in [1.165, 1.54) is 0 Å². The topological polar surface area (TPSA) is 77.8 Å². The lowest BCUT2D eigenvalue weighted by Crippen LogP contribution is -1.95. The summed E-state index contributed by atoms with van der Waals surface area (Å²) in [5.74, 6) is 2.25. The zero-order valence-electron chi connectivity index (χ0n) is 9.54. The second-order valence-electron chi connectivity index (χ2n) is 2.36. The fraction of sp³-hybridized carbons (Fsp3) is 0.714. The predicted octanol–water partition coefficient (Wildman–Crippen LogP) is 2.85. The fourth-order valence-electron chi connectivity index (χ4n) is 0. The molecule has 3 N–H and O–H groups in total. The minimum atomic E-state index is -4.64. The van der Waals surface area contributed by atoms with Gasteiger partial charge in [0.25, 0.3) is 0 Å². The van der Waals surface area contributed by atoms with Crippen LogP contribution in [0.2, 0.25) is 0 Å². The van der Waals surface area contributed by atoms with Gasteiger partial charge in [-0.2, -0.15) is 26.3 Å². The Morgan fingerprint density at radius 1 is 0.944 bits per heavy atom. The fourth-order valence-corrected chi connectivity index (χ4v) is 0. The lowest BCUT2D eigenvalue weighted by molar-refractivity contribution is -0.111. The molecule has 0 spiro atoms. The van der Waals surface area contributed by atoms with Crippen molar-refractivity contribution in [1.82, 2.24) is 0 Å². The lowest BCUT2D eigenvalue weighted by atomic mass is 10.8. The van der Waals surface area contributed by atoms with E-state index in [4.69, 9.17) is 19.2 Å². The van der Waals surface area contributed by atoms with E-state index in [9.17, 15) is 26.3 Å². The summed E-state index contributed by atoms with van der Waals surface area (Å²) in [6.07, 6.45) is -3.40. The van der Waals surface area contributed by atoms with Gasteiger partial charge < -0.3 is 14.7 Å². The van der Waals surface area contributed by atoms with Crippen LogP contribution in [0.1, 0.15) is 20.8 Å². The highest BCUT2D eigenvalue weighted by molar-refractivity contribution is 7.45. The quantitative estimate of drug-likeness (QED) is 0.365. The smallest absolute Gasteiger partial charge is 0.303 e. The SMILES string of the molecule is C#CC.CC(F)(F)F.CC(F)(F)F.O=P(O)(O)O. The van der Waals surface area contributed by atoms with E-state index in [0.717, 1.165) is 0 Å². The van der Waals surface area contributed by atoms with Crippen molar-refractivity contribution in [3.8, 4) is 12.3 Å². The Kier molecular flexibility index (Phi) is 16.4. The van der Waals surface area contributed by atoms with Crippen molar-refractivity contribution in [2.45, 2.75) is 33.1 Å². The van der Waals surface area contributed by atoms with Crippen molar-refractivity contribution in [2.75, 3.05) is 0 Å². The molecule has 0 heterocycles. The highest BCUT2D eigenvalue weighted by Gasteiger charge is 2.16. The van der Waals surface area contributed by atoms with Gasteiger partial charge in [-0.3, -0.25) is 0 Å². The normalized spacial score (nSPS) is 10.4. The molecule has 0 rings (SSSR count). The molecule has 0 radical (unpaired) electrons. The Labute approximate surface area is 99.9 Å². The van der Waals surface area contributed by atoms with Crippen LogP contribution in [0.5, 0.6) is 0 Å². The molecule has 0 aromatic heterocycles. The first-order valence-electron chi connectivity index (χ1n) is 3.71. The maximum Gasteiger partial charge on any atom is 0.466 e. The lowest BCUT2D eigenvalue weighted by Gasteiger charge is -1.88. The molecule has 112 valence electrons. The molecule has 0 saturated carbocycles. The maximum atomic E-state index is 10.4. The summed E-state index contributed by atoms with van der Waals surface area (Å²) < 4.78 is 71.0. The summed E-state index contributed by atoms with van der Waals surface area (Å²) in [7, 11) is -4.64. The molecule has 0 aromatic rings. The third-order valence-corrected chi connectivity index (χ3v) is 0. The predicted molar refractivity (Wildman–Crippen MR) is 52.2 cm³/mol. The largest absolute Gasteiger partial charge is 0.466 e. The van der Waals surface area contributed by atoms with Crippen molar-refractivity contribution < 1.29 is 45.6 Å². The first-order chi connectivity index (χ1) is 7.41. The number of alkyl halides is 6. The van der Waals surface area contributed by atoms with Gasteiger partial charge in [-0.05, 0) is 6.92 Å². The Morgan fingerprint density at radius 2 is 0.944 bits per heavy atom. The molecule has 0 fully saturated rings. The summed E-state index contributed by atoms with van der Waals surface area (Å²) in [6, 6.07) is 0. The van der Waals surface area contributed by atoms with Gasteiger partial charge in [-0.15, -0.1) is 12.3 Å². The van der Waals surface area contributed by atoms with Gasteiger partial charge in [0.05, 0.1) is 0 Å². The summed E-state index contributed by atoms with van der Waals surface area (Å²) >= 11 is 0. The molecule has 18 heavy (non-hydrogen) atoms. The average Bonchev–Trinajstić information content (AvgIpc) is 1.71. The van der Waals surface area contributed by atoms with E-state index in [0.29, 0.717) is 0 Å². The Hall–Kier alpha value is -0.750. The van der Waals surface area contributed by atoms with E-state index >= 15 is 0 Å². The average molecular weight is 306 g/mol. The van der Waals surface area contributed by atoms with Crippen molar-refractivity contribution in [3.05, 3.63) is 0 Å². The third-order valence-electron chi connectivity index (χ3n) is 0. The summed E-state index contributed by atoms with van der Waals surface area (Å²) in [6.45, 7) is 2.03. The number of halogens is 6. The van der Waals surface area contributed by atoms with Crippen LogP contribution < -0.4 is 0 Å². The highest BCUT2D eigenvalue weighted by atomic mass is 31.2. The highest BCUT2D eigenvalue weighted by Crippen LogP contribution is 2.25. The summed E-state index contributed by atoms with van der Waals surface area (Å²) in [5, 5.41) is 0. The van der Waals surface area contributed by atoms with Crippen molar-refractivity contribution >= 4 is 7.82 Å².